The maximum Gasteiger partial charge on any atom is 0.416 e. The van der Waals surface area contributed by atoms with Gasteiger partial charge in [-0.05, 0) is 47.9 Å². The number of halogens is 3. The number of aromatic amines is 1. The molecule has 2 aromatic carbocycles. The van der Waals surface area contributed by atoms with Crippen LogP contribution in [0.15, 0.2) is 65.1 Å². The molecule has 0 radical (unpaired) electrons. The summed E-state index contributed by atoms with van der Waals surface area (Å²) in [6.45, 7) is 0.907. The smallest absolute Gasteiger partial charge is 0.416 e. The van der Waals surface area contributed by atoms with Crippen LogP contribution in [0.1, 0.15) is 39.9 Å². The molecule has 4 nitrogen and oxygen atoms in total. The highest BCUT2D eigenvalue weighted by Gasteiger charge is 2.35. The van der Waals surface area contributed by atoms with Crippen molar-refractivity contribution in [2.45, 2.75) is 31.8 Å². The van der Waals surface area contributed by atoms with Crippen LogP contribution in [0.3, 0.4) is 0 Å². The van der Waals surface area contributed by atoms with Crippen LogP contribution in [0.25, 0.3) is 10.9 Å². The van der Waals surface area contributed by atoms with Crippen LogP contribution in [-0.2, 0) is 25.7 Å². The van der Waals surface area contributed by atoms with Gasteiger partial charge in [-0.1, -0.05) is 30.3 Å². The second kappa shape index (κ2) is 7.59. The quantitative estimate of drug-likeness (QED) is 0.458. The van der Waals surface area contributed by atoms with E-state index in [2.05, 4.69) is 9.88 Å². The third-order valence-corrected chi connectivity index (χ3v) is 5.90. The Morgan fingerprint density at radius 2 is 1.84 bits per heavy atom. The fourth-order valence-corrected chi connectivity index (χ4v) is 4.52. The van der Waals surface area contributed by atoms with Crippen molar-refractivity contribution >= 4 is 10.9 Å². The van der Waals surface area contributed by atoms with Gasteiger partial charge in [-0.25, -0.2) is 0 Å². The second-order valence-electron chi connectivity index (χ2n) is 7.84. The van der Waals surface area contributed by atoms with Crippen molar-refractivity contribution in [3.8, 4) is 0 Å². The number of aliphatic hydroxyl groups is 1. The molecule has 7 heteroatoms. The van der Waals surface area contributed by atoms with Crippen LogP contribution in [0, 0.1) is 0 Å². The summed E-state index contributed by atoms with van der Waals surface area (Å²) in [6.07, 6.45) is -3.63. The van der Waals surface area contributed by atoms with Gasteiger partial charge in [-0.15, -0.1) is 0 Å². The normalized spacial score (nSPS) is 17.2. The fraction of sp³-hybridized carbons (Fsp3) is 0.250. The summed E-state index contributed by atoms with van der Waals surface area (Å²) in [6, 6.07) is 16.6. The number of rotatable bonds is 4. The summed E-state index contributed by atoms with van der Waals surface area (Å²) in [7, 11) is 0. The highest BCUT2D eigenvalue weighted by molar-refractivity contribution is 5.85. The van der Waals surface area contributed by atoms with E-state index < -0.39 is 11.7 Å². The molecule has 0 fully saturated rings. The van der Waals surface area contributed by atoms with E-state index in [1.54, 1.807) is 18.2 Å². The number of nitrogens with one attached hydrogen (secondary N) is 1. The van der Waals surface area contributed by atoms with Gasteiger partial charge in [-0.3, -0.25) is 4.90 Å². The summed E-state index contributed by atoms with van der Waals surface area (Å²) < 4.78 is 45.9. The minimum Gasteiger partial charge on any atom is -0.462 e. The molecule has 1 atom stereocenters. The molecule has 0 bridgehead atoms. The molecule has 1 aliphatic heterocycles. The molecule has 31 heavy (non-hydrogen) atoms. The summed E-state index contributed by atoms with van der Waals surface area (Å²) >= 11 is 0. The van der Waals surface area contributed by atoms with Crippen molar-refractivity contribution in [3.05, 3.63) is 94.6 Å². The number of hydrogen-bond donors (Lipinski definition) is 2. The summed E-state index contributed by atoms with van der Waals surface area (Å²) in [4.78, 5) is 5.58. The van der Waals surface area contributed by atoms with Crippen LogP contribution in [0.2, 0.25) is 0 Å². The maximum absolute atomic E-state index is 13.4. The minimum absolute atomic E-state index is 0.191. The van der Waals surface area contributed by atoms with Gasteiger partial charge in [-0.2, -0.15) is 13.2 Å². The van der Waals surface area contributed by atoms with E-state index in [1.807, 2.05) is 24.3 Å². The third-order valence-electron chi connectivity index (χ3n) is 5.90. The molecule has 0 amide bonds. The maximum atomic E-state index is 13.4. The van der Waals surface area contributed by atoms with Gasteiger partial charge in [0, 0.05) is 23.1 Å². The number of furan rings is 1. The number of hydrogen-bond acceptors (Lipinski definition) is 3. The zero-order valence-electron chi connectivity index (χ0n) is 16.6. The van der Waals surface area contributed by atoms with Crippen molar-refractivity contribution in [2.75, 3.05) is 6.54 Å². The first-order valence-corrected chi connectivity index (χ1v) is 10.1. The minimum atomic E-state index is -4.41. The predicted octanol–water partition coefficient (Wildman–Crippen LogP) is 5.42. The molecule has 0 spiro atoms. The van der Waals surface area contributed by atoms with Gasteiger partial charge >= 0.3 is 6.18 Å². The number of aromatic nitrogens is 1. The van der Waals surface area contributed by atoms with E-state index in [4.69, 9.17) is 4.42 Å². The second-order valence-corrected chi connectivity index (χ2v) is 7.84. The molecule has 3 heterocycles. The Morgan fingerprint density at radius 1 is 1.03 bits per heavy atom. The SMILES string of the molecule is OCc1ccc(CN2CCc3c([nH]c4ccccc34)[C@H]2c2cccc(C(F)(F)F)c2)o1. The first kappa shape index (κ1) is 19.9. The van der Waals surface area contributed by atoms with E-state index in [0.717, 1.165) is 34.6 Å². The van der Waals surface area contributed by atoms with Crippen molar-refractivity contribution in [1.82, 2.24) is 9.88 Å². The molecule has 2 aromatic heterocycles. The van der Waals surface area contributed by atoms with Gasteiger partial charge in [0.15, 0.2) is 0 Å². The molecular formula is C24H21F3N2O2. The molecule has 0 saturated heterocycles. The van der Waals surface area contributed by atoms with Crippen LogP contribution < -0.4 is 0 Å². The summed E-state index contributed by atoms with van der Waals surface area (Å²) in [5.74, 6) is 1.13. The summed E-state index contributed by atoms with van der Waals surface area (Å²) in [5.41, 5.74) is 2.96. The van der Waals surface area contributed by atoms with Crippen LogP contribution in [0.5, 0.6) is 0 Å². The standard InChI is InChI=1S/C24H21F3N2O2/c25-24(26,27)16-5-3-4-15(12-16)23-22-20(19-6-1-2-7-21(19)28-22)10-11-29(23)13-17-8-9-18(14-30)31-17/h1-9,12,23,28,30H,10-11,13-14H2/t23-/m1/s1. The Labute approximate surface area is 176 Å². The van der Waals surface area contributed by atoms with E-state index in [1.165, 1.54) is 12.1 Å². The predicted molar refractivity (Wildman–Crippen MR) is 110 cm³/mol. The van der Waals surface area contributed by atoms with Gasteiger partial charge in [0.25, 0.3) is 0 Å². The lowest BCUT2D eigenvalue weighted by atomic mass is 9.91. The molecule has 0 unspecified atom stereocenters. The highest BCUT2D eigenvalue weighted by Crippen LogP contribution is 2.40. The number of alkyl halides is 3. The van der Waals surface area contributed by atoms with E-state index in [9.17, 15) is 18.3 Å². The average molecular weight is 426 g/mol. The number of para-hydroxylation sites is 1. The Kier molecular flexibility index (Phi) is 4.87. The molecular weight excluding hydrogens is 405 g/mol. The molecule has 1 aliphatic rings. The van der Waals surface area contributed by atoms with E-state index in [-0.39, 0.29) is 12.6 Å². The molecule has 0 saturated carbocycles. The first-order valence-electron chi connectivity index (χ1n) is 10.1. The van der Waals surface area contributed by atoms with Crippen LogP contribution in [-0.4, -0.2) is 21.5 Å². The van der Waals surface area contributed by atoms with E-state index in [0.29, 0.717) is 30.2 Å². The number of H-pyrrole nitrogens is 1. The fourth-order valence-electron chi connectivity index (χ4n) is 4.52. The monoisotopic (exact) mass is 426 g/mol. The lowest BCUT2D eigenvalue weighted by Gasteiger charge is -2.36. The number of fused-ring (bicyclic) bond motifs is 3. The molecule has 2 N–H and O–H groups in total. The van der Waals surface area contributed by atoms with Gasteiger partial charge in [0.05, 0.1) is 18.2 Å². The Bertz CT molecular complexity index is 1230. The zero-order valence-corrected chi connectivity index (χ0v) is 16.6. The third kappa shape index (κ3) is 3.64. The first-order chi connectivity index (χ1) is 14.9. The highest BCUT2D eigenvalue weighted by atomic mass is 19.4. The zero-order chi connectivity index (χ0) is 21.6. The molecule has 160 valence electrons. The lowest BCUT2D eigenvalue weighted by Crippen LogP contribution is -2.35. The largest absolute Gasteiger partial charge is 0.462 e. The molecule has 4 aromatic rings. The van der Waals surface area contributed by atoms with Crippen molar-refractivity contribution in [1.29, 1.82) is 0 Å². The number of nitrogens with zero attached hydrogens (tertiary/aromatic N) is 1. The van der Waals surface area contributed by atoms with Gasteiger partial charge in [0.2, 0.25) is 0 Å². The topological polar surface area (TPSA) is 52.4 Å². The Balaban J connectivity index is 1.62. The lowest BCUT2D eigenvalue weighted by molar-refractivity contribution is -0.137. The van der Waals surface area contributed by atoms with Crippen LogP contribution in [0.4, 0.5) is 13.2 Å². The number of benzene rings is 2. The van der Waals surface area contributed by atoms with E-state index >= 15 is 0 Å². The Morgan fingerprint density at radius 3 is 2.61 bits per heavy atom. The van der Waals surface area contributed by atoms with Gasteiger partial charge < -0.3 is 14.5 Å². The summed E-state index contributed by atoms with van der Waals surface area (Å²) in [5, 5.41) is 10.4. The van der Waals surface area contributed by atoms with Crippen molar-refractivity contribution < 1.29 is 22.7 Å². The van der Waals surface area contributed by atoms with Crippen molar-refractivity contribution in [2.24, 2.45) is 0 Å². The van der Waals surface area contributed by atoms with Crippen LogP contribution >= 0.6 is 0 Å². The average Bonchev–Trinajstić information content (AvgIpc) is 3.37. The number of aliphatic hydroxyl groups excluding tert-OH is 1. The molecule has 5 rings (SSSR count). The molecule has 0 aliphatic carbocycles. The van der Waals surface area contributed by atoms with Gasteiger partial charge in [0.1, 0.15) is 18.1 Å². The van der Waals surface area contributed by atoms with Crippen molar-refractivity contribution in [3.63, 3.8) is 0 Å². The Hall–Kier alpha value is -3.03.